The van der Waals surface area contributed by atoms with Crippen LogP contribution in [-0.2, 0) is 7.05 Å². The molecular formula is C7H8N4. The van der Waals surface area contributed by atoms with E-state index >= 15 is 0 Å². The zero-order chi connectivity index (χ0) is 7.68. The van der Waals surface area contributed by atoms with Crippen LogP contribution < -0.4 is 0 Å². The van der Waals surface area contributed by atoms with Crippen LogP contribution in [0.4, 0.5) is 0 Å². The van der Waals surface area contributed by atoms with Gasteiger partial charge in [-0.25, -0.2) is 0 Å². The summed E-state index contributed by atoms with van der Waals surface area (Å²) >= 11 is 0. The van der Waals surface area contributed by atoms with E-state index in [1.807, 2.05) is 40.7 Å². The Morgan fingerprint density at radius 3 is 2.55 bits per heavy atom. The molecule has 0 aromatic carbocycles. The zero-order valence-electron chi connectivity index (χ0n) is 6.18. The van der Waals surface area contributed by atoms with Gasteiger partial charge in [0.1, 0.15) is 6.33 Å². The fraction of sp³-hybridized carbons (Fsp3) is 0.143. The summed E-state index contributed by atoms with van der Waals surface area (Å²) in [6.07, 6.45) is 5.54. The molecule has 56 valence electrons. The van der Waals surface area contributed by atoms with Crippen LogP contribution in [0.15, 0.2) is 30.9 Å². The Balaban J connectivity index is 2.53. The van der Waals surface area contributed by atoms with Gasteiger partial charge in [-0.3, -0.25) is 4.57 Å². The molecule has 11 heavy (non-hydrogen) atoms. The molecular weight excluding hydrogens is 140 g/mol. The molecule has 2 heterocycles. The molecule has 4 heteroatoms. The quantitative estimate of drug-likeness (QED) is 0.593. The largest absolute Gasteiger partial charge is 0.302 e. The Morgan fingerprint density at radius 2 is 2.00 bits per heavy atom. The Hall–Kier alpha value is -1.58. The highest BCUT2D eigenvalue weighted by Gasteiger charge is 1.99. The molecule has 0 saturated carbocycles. The molecule has 0 atom stereocenters. The van der Waals surface area contributed by atoms with Crippen molar-refractivity contribution in [3.05, 3.63) is 30.9 Å². The fourth-order valence-corrected chi connectivity index (χ4v) is 0.979. The summed E-state index contributed by atoms with van der Waals surface area (Å²) in [5, 5.41) is 7.70. The van der Waals surface area contributed by atoms with Gasteiger partial charge < -0.3 is 4.57 Å². The number of hydrogen-bond acceptors (Lipinski definition) is 2. The standard InChI is InChI=1S/C7H8N4/c1-10-6-8-9-7(10)11-4-2-3-5-11/h2-6H,1H3. The Morgan fingerprint density at radius 1 is 1.27 bits per heavy atom. The summed E-state index contributed by atoms with van der Waals surface area (Å²) < 4.78 is 3.77. The Labute approximate surface area is 64.1 Å². The van der Waals surface area contributed by atoms with Crippen LogP contribution in [0.3, 0.4) is 0 Å². The number of aryl methyl sites for hydroxylation is 1. The summed E-state index contributed by atoms with van der Waals surface area (Å²) in [7, 11) is 1.91. The van der Waals surface area contributed by atoms with E-state index in [9.17, 15) is 0 Å². The van der Waals surface area contributed by atoms with E-state index in [0.29, 0.717) is 0 Å². The SMILES string of the molecule is Cn1cnnc1-n1cccc1. The highest BCUT2D eigenvalue weighted by Crippen LogP contribution is 2.00. The van der Waals surface area contributed by atoms with Gasteiger partial charge in [-0.15, -0.1) is 10.2 Å². The van der Waals surface area contributed by atoms with Gasteiger partial charge in [-0.1, -0.05) is 0 Å². The van der Waals surface area contributed by atoms with Crippen molar-refractivity contribution in [1.82, 2.24) is 19.3 Å². The lowest BCUT2D eigenvalue weighted by Gasteiger charge is -1.98. The van der Waals surface area contributed by atoms with Gasteiger partial charge in [-0.2, -0.15) is 0 Å². The maximum Gasteiger partial charge on any atom is 0.234 e. The lowest BCUT2D eigenvalue weighted by molar-refractivity contribution is 0.821. The molecule has 2 rings (SSSR count). The molecule has 0 aliphatic heterocycles. The minimum atomic E-state index is 0.829. The smallest absolute Gasteiger partial charge is 0.234 e. The van der Waals surface area contributed by atoms with E-state index in [1.165, 1.54) is 0 Å². The average Bonchev–Trinajstić information content (AvgIpc) is 2.55. The predicted octanol–water partition coefficient (Wildman–Crippen LogP) is 0.606. The lowest BCUT2D eigenvalue weighted by atomic mass is 10.7. The van der Waals surface area contributed by atoms with E-state index in [0.717, 1.165) is 5.95 Å². The van der Waals surface area contributed by atoms with Gasteiger partial charge in [0.05, 0.1) is 0 Å². The van der Waals surface area contributed by atoms with E-state index in [1.54, 1.807) is 6.33 Å². The topological polar surface area (TPSA) is 35.6 Å². The van der Waals surface area contributed by atoms with Gasteiger partial charge in [0.15, 0.2) is 0 Å². The highest BCUT2D eigenvalue weighted by molar-refractivity contribution is 5.12. The molecule has 4 nitrogen and oxygen atoms in total. The number of aromatic nitrogens is 4. The van der Waals surface area contributed by atoms with Crippen molar-refractivity contribution in [2.24, 2.45) is 7.05 Å². The van der Waals surface area contributed by atoms with Gasteiger partial charge in [0.2, 0.25) is 5.95 Å². The predicted molar refractivity (Wildman–Crippen MR) is 40.3 cm³/mol. The summed E-state index contributed by atoms with van der Waals surface area (Å²) in [6.45, 7) is 0. The maximum atomic E-state index is 3.93. The Kier molecular flexibility index (Phi) is 1.25. The van der Waals surface area contributed by atoms with Crippen LogP contribution in [0.5, 0.6) is 0 Å². The third-order valence-corrected chi connectivity index (χ3v) is 1.52. The van der Waals surface area contributed by atoms with Crippen molar-refractivity contribution >= 4 is 0 Å². The van der Waals surface area contributed by atoms with Crippen molar-refractivity contribution < 1.29 is 0 Å². The van der Waals surface area contributed by atoms with Crippen molar-refractivity contribution in [3.63, 3.8) is 0 Å². The Bertz CT molecular complexity index is 333. The first-order valence-electron chi connectivity index (χ1n) is 3.35. The molecule has 0 radical (unpaired) electrons. The minimum absolute atomic E-state index is 0.829. The van der Waals surface area contributed by atoms with Crippen molar-refractivity contribution in [1.29, 1.82) is 0 Å². The van der Waals surface area contributed by atoms with Crippen LogP contribution in [0.25, 0.3) is 5.95 Å². The summed E-state index contributed by atoms with van der Waals surface area (Å²) in [6, 6.07) is 3.91. The molecule has 0 aliphatic carbocycles. The number of rotatable bonds is 1. The second-order valence-electron chi connectivity index (χ2n) is 2.33. The van der Waals surface area contributed by atoms with Gasteiger partial charge in [0, 0.05) is 19.4 Å². The van der Waals surface area contributed by atoms with Crippen molar-refractivity contribution in [3.8, 4) is 5.95 Å². The number of nitrogens with zero attached hydrogens (tertiary/aromatic N) is 4. The van der Waals surface area contributed by atoms with Crippen LogP contribution in [0.2, 0.25) is 0 Å². The van der Waals surface area contributed by atoms with Crippen LogP contribution in [-0.4, -0.2) is 19.3 Å². The average molecular weight is 148 g/mol. The van der Waals surface area contributed by atoms with Crippen LogP contribution in [0.1, 0.15) is 0 Å². The molecule has 0 bridgehead atoms. The fourth-order valence-electron chi connectivity index (χ4n) is 0.979. The van der Waals surface area contributed by atoms with Crippen LogP contribution in [0, 0.1) is 0 Å². The number of hydrogen-bond donors (Lipinski definition) is 0. The first-order chi connectivity index (χ1) is 5.38. The second-order valence-corrected chi connectivity index (χ2v) is 2.33. The van der Waals surface area contributed by atoms with Crippen molar-refractivity contribution in [2.75, 3.05) is 0 Å². The summed E-state index contributed by atoms with van der Waals surface area (Å²) in [5.41, 5.74) is 0. The first kappa shape index (κ1) is 6.15. The maximum absolute atomic E-state index is 3.93. The molecule has 0 spiro atoms. The van der Waals surface area contributed by atoms with E-state index in [4.69, 9.17) is 0 Å². The van der Waals surface area contributed by atoms with Crippen LogP contribution >= 0.6 is 0 Å². The monoisotopic (exact) mass is 148 g/mol. The summed E-state index contributed by atoms with van der Waals surface area (Å²) in [5.74, 6) is 0.829. The second kappa shape index (κ2) is 2.23. The molecule has 0 saturated heterocycles. The molecule has 0 N–H and O–H groups in total. The summed E-state index contributed by atoms with van der Waals surface area (Å²) in [4.78, 5) is 0. The third kappa shape index (κ3) is 0.920. The van der Waals surface area contributed by atoms with E-state index in [-0.39, 0.29) is 0 Å². The zero-order valence-corrected chi connectivity index (χ0v) is 6.18. The van der Waals surface area contributed by atoms with Gasteiger partial charge >= 0.3 is 0 Å². The normalized spacial score (nSPS) is 10.3. The molecule has 0 amide bonds. The molecule has 2 aromatic rings. The molecule has 0 unspecified atom stereocenters. The molecule has 0 aliphatic rings. The van der Waals surface area contributed by atoms with E-state index in [2.05, 4.69) is 10.2 Å². The lowest BCUT2D eigenvalue weighted by Crippen LogP contribution is -1.99. The molecule has 2 aromatic heterocycles. The van der Waals surface area contributed by atoms with E-state index < -0.39 is 0 Å². The minimum Gasteiger partial charge on any atom is -0.302 e. The molecule has 0 fully saturated rings. The highest BCUT2D eigenvalue weighted by atomic mass is 15.3. The van der Waals surface area contributed by atoms with Gasteiger partial charge in [-0.05, 0) is 12.1 Å². The third-order valence-electron chi connectivity index (χ3n) is 1.52. The van der Waals surface area contributed by atoms with Crippen molar-refractivity contribution in [2.45, 2.75) is 0 Å². The first-order valence-corrected chi connectivity index (χ1v) is 3.35. The van der Waals surface area contributed by atoms with Gasteiger partial charge in [0.25, 0.3) is 0 Å².